The molecule has 0 aliphatic heterocycles. The number of aromatic nitrogens is 2. The Morgan fingerprint density at radius 2 is 1.52 bits per heavy atom. The molecule has 0 saturated carbocycles. The van der Waals surface area contributed by atoms with Gasteiger partial charge in [0.2, 0.25) is 0 Å². The summed E-state index contributed by atoms with van der Waals surface area (Å²) in [6, 6.07) is 5.91. The molecular formula is C15H9F4N3O. The third kappa shape index (κ3) is 2.14. The lowest BCUT2D eigenvalue weighted by molar-refractivity contribution is 0.416. The fourth-order valence-electron chi connectivity index (χ4n) is 2.32. The summed E-state index contributed by atoms with van der Waals surface area (Å²) in [4.78, 5) is 16.2. The lowest BCUT2D eigenvalue weighted by Crippen LogP contribution is -2.24. The highest BCUT2D eigenvalue weighted by atomic mass is 19.2. The maximum Gasteiger partial charge on any atom is 0.269 e. The van der Waals surface area contributed by atoms with E-state index in [0.29, 0.717) is 5.69 Å². The second-order valence-electron chi connectivity index (χ2n) is 4.87. The van der Waals surface area contributed by atoms with Gasteiger partial charge in [0.1, 0.15) is 16.7 Å². The lowest BCUT2D eigenvalue weighted by atomic mass is 10.2. The monoisotopic (exact) mass is 323 g/mol. The average molecular weight is 323 g/mol. The molecule has 0 radical (unpaired) electrons. The first kappa shape index (κ1) is 15.0. The van der Waals surface area contributed by atoms with Crippen LogP contribution in [0.15, 0.2) is 29.1 Å². The zero-order valence-corrected chi connectivity index (χ0v) is 11.7. The van der Waals surface area contributed by atoms with E-state index in [4.69, 9.17) is 5.73 Å². The maximum atomic E-state index is 13.9. The van der Waals surface area contributed by atoms with Crippen LogP contribution in [0.2, 0.25) is 0 Å². The Hall–Kier alpha value is -2.90. The summed E-state index contributed by atoms with van der Waals surface area (Å²) in [6.07, 6.45) is 0. The van der Waals surface area contributed by atoms with Crippen molar-refractivity contribution in [1.82, 2.24) is 9.55 Å². The van der Waals surface area contributed by atoms with Gasteiger partial charge in [-0.1, -0.05) is 0 Å². The number of hydrogen-bond donors (Lipinski definition) is 1. The summed E-state index contributed by atoms with van der Waals surface area (Å²) in [5.74, 6) is -7.56. The number of benzene rings is 2. The van der Waals surface area contributed by atoms with Crippen LogP contribution in [-0.4, -0.2) is 9.55 Å². The maximum absolute atomic E-state index is 13.9. The Bertz CT molecular complexity index is 997. The third-order valence-electron chi connectivity index (χ3n) is 3.41. The van der Waals surface area contributed by atoms with E-state index >= 15 is 0 Å². The first-order valence-corrected chi connectivity index (χ1v) is 6.44. The molecule has 0 amide bonds. The standard InChI is InChI=1S/C15H9F4N3O/c1-6-21-14-9(10(16)11(17)12(18)13(14)19)15(23)22(6)8-4-2-7(20)3-5-8/h2-5H,20H2,1H3. The largest absolute Gasteiger partial charge is 0.399 e. The van der Waals surface area contributed by atoms with Crippen molar-refractivity contribution in [2.24, 2.45) is 0 Å². The van der Waals surface area contributed by atoms with Crippen LogP contribution in [0.5, 0.6) is 0 Å². The van der Waals surface area contributed by atoms with Gasteiger partial charge in [0.15, 0.2) is 23.3 Å². The number of nitrogen functional groups attached to an aromatic ring is 1. The van der Waals surface area contributed by atoms with Gasteiger partial charge in [-0.2, -0.15) is 0 Å². The molecule has 0 bridgehead atoms. The highest BCUT2D eigenvalue weighted by molar-refractivity contribution is 5.79. The van der Waals surface area contributed by atoms with Crippen molar-refractivity contribution in [2.75, 3.05) is 5.73 Å². The Morgan fingerprint density at radius 1 is 0.957 bits per heavy atom. The Kier molecular flexibility index (Phi) is 3.32. The molecule has 0 unspecified atom stereocenters. The number of anilines is 1. The molecule has 118 valence electrons. The van der Waals surface area contributed by atoms with E-state index < -0.39 is 39.7 Å². The summed E-state index contributed by atoms with van der Waals surface area (Å²) >= 11 is 0. The van der Waals surface area contributed by atoms with Crippen molar-refractivity contribution in [2.45, 2.75) is 6.92 Å². The van der Waals surface area contributed by atoms with Gasteiger partial charge in [-0.05, 0) is 31.2 Å². The Morgan fingerprint density at radius 3 is 2.13 bits per heavy atom. The van der Waals surface area contributed by atoms with E-state index in [2.05, 4.69) is 4.98 Å². The summed E-state index contributed by atoms with van der Waals surface area (Å²) in [5, 5.41) is -0.955. The molecule has 0 aliphatic rings. The second kappa shape index (κ2) is 5.08. The predicted octanol–water partition coefficient (Wildman–Crippen LogP) is 2.83. The zero-order chi connectivity index (χ0) is 16.9. The van der Waals surface area contributed by atoms with Crippen molar-refractivity contribution in [3.05, 3.63) is 63.7 Å². The van der Waals surface area contributed by atoms with Gasteiger partial charge >= 0.3 is 0 Å². The quantitative estimate of drug-likeness (QED) is 0.324. The van der Waals surface area contributed by atoms with Crippen LogP contribution in [0.1, 0.15) is 5.82 Å². The molecule has 3 aromatic rings. The second-order valence-corrected chi connectivity index (χ2v) is 4.87. The van der Waals surface area contributed by atoms with E-state index in [9.17, 15) is 22.4 Å². The van der Waals surface area contributed by atoms with Crippen LogP contribution in [0, 0.1) is 30.2 Å². The lowest BCUT2D eigenvalue weighted by Gasteiger charge is -2.12. The molecule has 2 aromatic carbocycles. The number of aryl methyl sites for hydroxylation is 1. The molecule has 2 N–H and O–H groups in total. The van der Waals surface area contributed by atoms with Gasteiger partial charge in [-0.25, -0.2) is 22.5 Å². The van der Waals surface area contributed by atoms with E-state index in [-0.39, 0.29) is 11.5 Å². The molecule has 0 saturated heterocycles. The Labute approximate surface area is 126 Å². The molecule has 0 spiro atoms. The van der Waals surface area contributed by atoms with Crippen LogP contribution in [0.3, 0.4) is 0 Å². The van der Waals surface area contributed by atoms with Gasteiger partial charge in [0.25, 0.3) is 5.56 Å². The fourth-order valence-corrected chi connectivity index (χ4v) is 2.32. The molecule has 3 rings (SSSR count). The number of nitrogens with zero attached hydrogens (tertiary/aromatic N) is 2. The van der Waals surface area contributed by atoms with E-state index in [1.807, 2.05) is 0 Å². The molecular weight excluding hydrogens is 314 g/mol. The molecule has 0 atom stereocenters. The van der Waals surface area contributed by atoms with Gasteiger partial charge in [-0.15, -0.1) is 0 Å². The topological polar surface area (TPSA) is 60.9 Å². The first-order valence-electron chi connectivity index (χ1n) is 6.44. The van der Waals surface area contributed by atoms with E-state index in [1.165, 1.54) is 31.2 Å². The predicted molar refractivity (Wildman–Crippen MR) is 76.3 cm³/mol. The first-order chi connectivity index (χ1) is 10.8. The molecule has 4 nitrogen and oxygen atoms in total. The van der Waals surface area contributed by atoms with Crippen molar-refractivity contribution in [3.63, 3.8) is 0 Å². The number of hydrogen-bond acceptors (Lipinski definition) is 3. The third-order valence-corrected chi connectivity index (χ3v) is 3.41. The normalized spacial score (nSPS) is 11.2. The van der Waals surface area contributed by atoms with E-state index in [1.54, 1.807) is 0 Å². The summed E-state index contributed by atoms with van der Waals surface area (Å²) < 4.78 is 55.4. The van der Waals surface area contributed by atoms with Gasteiger partial charge in [-0.3, -0.25) is 9.36 Å². The fraction of sp³-hybridized carbons (Fsp3) is 0.0667. The van der Waals surface area contributed by atoms with Crippen LogP contribution in [0.4, 0.5) is 23.2 Å². The molecule has 0 aliphatic carbocycles. The van der Waals surface area contributed by atoms with Crippen molar-refractivity contribution in [3.8, 4) is 5.69 Å². The van der Waals surface area contributed by atoms with Gasteiger partial charge < -0.3 is 5.73 Å². The van der Waals surface area contributed by atoms with Gasteiger partial charge in [0, 0.05) is 5.69 Å². The van der Waals surface area contributed by atoms with Crippen molar-refractivity contribution in [1.29, 1.82) is 0 Å². The van der Waals surface area contributed by atoms with Crippen molar-refractivity contribution >= 4 is 16.6 Å². The van der Waals surface area contributed by atoms with Crippen LogP contribution in [-0.2, 0) is 0 Å². The smallest absolute Gasteiger partial charge is 0.269 e. The minimum atomic E-state index is -2.05. The molecule has 8 heteroatoms. The highest BCUT2D eigenvalue weighted by Crippen LogP contribution is 2.24. The van der Waals surface area contributed by atoms with Crippen LogP contribution < -0.4 is 11.3 Å². The van der Waals surface area contributed by atoms with Gasteiger partial charge in [0.05, 0.1) is 5.69 Å². The van der Waals surface area contributed by atoms with E-state index in [0.717, 1.165) is 4.57 Å². The summed E-state index contributed by atoms with van der Waals surface area (Å²) in [6.45, 7) is 1.36. The molecule has 1 aromatic heterocycles. The average Bonchev–Trinajstić information content (AvgIpc) is 2.52. The zero-order valence-electron chi connectivity index (χ0n) is 11.7. The number of nitrogens with two attached hydrogens (primary N) is 1. The van der Waals surface area contributed by atoms with Crippen molar-refractivity contribution < 1.29 is 17.6 Å². The molecule has 0 fully saturated rings. The Balaban J connectivity index is 2.47. The number of halogens is 4. The summed E-state index contributed by atoms with van der Waals surface area (Å²) in [7, 11) is 0. The number of fused-ring (bicyclic) bond motifs is 1. The minimum Gasteiger partial charge on any atom is -0.399 e. The van der Waals surface area contributed by atoms with Crippen LogP contribution in [0.25, 0.3) is 16.6 Å². The summed E-state index contributed by atoms with van der Waals surface area (Å²) in [5.41, 5.74) is 4.36. The molecule has 1 heterocycles. The van der Waals surface area contributed by atoms with Crippen LogP contribution >= 0.6 is 0 Å². The minimum absolute atomic E-state index is 0.0171. The molecule has 23 heavy (non-hydrogen) atoms. The highest BCUT2D eigenvalue weighted by Gasteiger charge is 2.25. The number of rotatable bonds is 1. The SMILES string of the molecule is Cc1nc2c(F)c(F)c(F)c(F)c2c(=O)n1-c1ccc(N)cc1.